The molecule has 0 saturated heterocycles. The molecule has 0 saturated carbocycles. The van der Waals surface area contributed by atoms with Crippen molar-refractivity contribution in [3.63, 3.8) is 0 Å². The van der Waals surface area contributed by atoms with E-state index in [1.54, 1.807) is 23.1 Å². The molecular formula is C22H27N3O4. The molecular weight excluding hydrogens is 370 g/mol. The van der Waals surface area contributed by atoms with Crippen molar-refractivity contribution in [3.05, 3.63) is 54.1 Å². The molecule has 0 fully saturated rings. The second kappa shape index (κ2) is 10.5. The minimum absolute atomic E-state index is 0.0880. The zero-order chi connectivity index (χ0) is 20.5. The molecule has 1 aliphatic heterocycles. The minimum Gasteiger partial charge on any atom is -0.486 e. The first kappa shape index (κ1) is 20.7. The van der Waals surface area contributed by atoms with Gasteiger partial charge in [-0.3, -0.25) is 14.5 Å². The van der Waals surface area contributed by atoms with Crippen LogP contribution in [-0.4, -0.2) is 56.1 Å². The van der Waals surface area contributed by atoms with E-state index in [2.05, 4.69) is 10.6 Å². The molecule has 0 unspecified atom stereocenters. The Morgan fingerprint density at radius 2 is 1.69 bits per heavy atom. The highest BCUT2D eigenvalue weighted by atomic mass is 16.6. The van der Waals surface area contributed by atoms with E-state index in [1.165, 1.54) is 5.56 Å². The van der Waals surface area contributed by atoms with Crippen LogP contribution in [0.1, 0.15) is 12.5 Å². The predicted octanol–water partition coefficient (Wildman–Crippen LogP) is 2.08. The Hall–Kier alpha value is -3.06. The van der Waals surface area contributed by atoms with Crippen LogP contribution in [0.4, 0.5) is 5.69 Å². The zero-order valence-corrected chi connectivity index (χ0v) is 16.6. The van der Waals surface area contributed by atoms with E-state index in [9.17, 15) is 9.59 Å². The molecule has 7 heteroatoms. The van der Waals surface area contributed by atoms with Crippen molar-refractivity contribution in [1.82, 2.24) is 10.2 Å². The third-order valence-electron chi connectivity index (χ3n) is 4.59. The van der Waals surface area contributed by atoms with Crippen molar-refractivity contribution in [2.45, 2.75) is 13.3 Å². The average molecular weight is 397 g/mol. The maximum absolute atomic E-state index is 12.4. The summed E-state index contributed by atoms with van der Waals surface area (Å²) in [6.07, 6.45) is 0.781. The second-order valence-electron chi connectivity index (χ2n) is 6.80. The topological polar surface area (TPSA) is 79.9 Å². The number of carbonyl (C=O) groups excluding carboxylic acids is 2. The van der Waals surface area contributed by atoms with Crippen molar-refractivity contribution in [3.8, 4) is 11.5 Å². The summed E-state index contributed by atoms with van der Waals surface area (Å²) in [4.78, 5) is 26.4. The Kier molecular flexibility index (Phi) is 7.47. The van der Waals surface area contributed by atoms with Gasteiger partial charge in [-0.05, 0) is 30.7 Å². The molecule has 29 heavy (non-hydrogen) atoms. The summed E-state index contributed by atoms with van der Waals surface area (Å²) in [7, 11) is 0. The fraction of sp³-hybridized carbons (Fsp3) is 0.364. The number of amides is 2. The number of nitrogens with one attached hydrogen (secondary N) is 2. The zero-order valence-electron chi connectivity index (χ0n) is 16.6. The molecule has 0 bridgehead atoms. The quantitative estimate of drug-likeness (QED) is 0.677. The van der Waals surface area contributed by atoms with E-state index in [-0.39, 0.29) is 24.9 Å². The molecule has 7 nitrogen and oxygen atoms in total. The number of hydrogen-bond donors (Lipinski definition) is 2. The molecule has 0 aliphatic carbocycles. The molecule has 0 radical (unpaired) electrons. The van der Waals surface area contributed by atoms with Crippen LogP contribution in [0, 0.1) is 0 Å². The van der Waals surface area contributed by atoms with Gasteiger partial charge in [0.1, 0.15) is 13.2 Å². The van der Waals surface area contributed by atoms with E-state index in [0.29, 0.717) is 43.5 Å². The summed E-state index contributed by atoms with van der Waals surface area (Å²) >= 11 is 0. The lowest BCUT2D eigenvalue weighted by Gasteiger charge is -2.21. The maximum atomic E-state index is 12.4. The molecule has 2 N–H and O–H groups in total. The average Bonchev–Trinajstić information content (AvgIpc) is 2.74. The first-order chi connectivity index (χ1) is 14.1. The van der Waals surface area contributed by atoms with E-state index >= 15 is 0 Å². The van der Waals surface area contributed by atoms with Crippen LogP contribution in [0.15, 0.2) is 48.5 Å². The summed E-state index contributed by atoms with van der Waals surface area (Å²) in [5, 5.41) is 5.76. The predicted molar refractivity (Wildman–Crippen MR) is 111 cm³/mol. The van der Waals surface area contributed by atoms with Crippen molar-refractivity contribution >= 4 is 17.5 Å². The third kappa shape index (κ3) is 6.50. The molecule has 3 rings (SSSR count). The molecule has 0 spiro atoms. The molecule has 1 heterocycles. The van der Waals surface area contributed by atoms with Crippen LogP contribution in [0.5, 0.6) is 11.5 Å². The van der Waals surface area contributed by atoms with E-state index in [1.807, 2.05) is 37.3 Å². The van der Waals surface area contributed by atoms with Crippen molar-refractivity contribution < 1.29 is 19.1 Å². The van der Waals surface area contributed by atoms with Gasteiger partial charge in [-0.25, -0.2) is 0 Å². The largest absolute Gasteiger partial charge is 0.486 e. The number of fused-ring (bicyclic) bond motifs is 1. The smallest absolute Gasteiger partial charge is 0.238 e. The monoisotopic (exact) mass is 397 g/mol. The normalized spacial score (nSPS) is 12.5. The molecule has 2 amide bonds. The first-order valence-corrected chi connectivity index (χ1v) is 9.86. The Morgan fingerprint density at radius 1 is 0.966 bits per heavy atom. The van der Waals surface area contributed by atoms with Crippen LogP contribution in [0.3, 0.4) is 0 Å². The van der Waals surface area contributed by atoms with Gasteiger partial charge in [-0.15, -0.1) is 0 Å². The highest BCUT2D eigenvalue weighted by molar-refractivity contribution is 5.93. The highest BCUT2D eigenvalue weighted by Crippen LogP contribution is 2.32. The number of carbonyl (C=O) groups is 2. The SMILES string of the molecule is CCN(CC(=O)NCCc1ccccc1)CC(=O)Nc1ccc2c(c1)OCCO2. The number of rotatable bonds is 9. The summed E-state index contributed by atoms with van der Waals surface area (Å²) in [6, 6.07) is 15.3. The first-order valence-electron chi connectivity index (χ1n) is 9.86. The van der Waals surface area contributed by atoms with Crippen LogP contribution >= 0.6 is 0 Å². The molecule has 0 atom stereocenters. The summed E-state index contributed by atoms with van der Waals surface area (Å²) in [5.41, 5.74) is 1.82. The summed E-state index contributed by atoms with van der Waals surface area (Å²) in [5.74, 6) is 1.03. The lowest BCUT2D eigenvalue weighted by molar-refractivity contribution is -0.123. The molecule has 154 valence electrons. The van der Waals surface area contributed by atoms with Gasteiger partial charge in [0.2, 0.25) is 11.8 Å². The second-order valence-corrected chi connectivity index (χ2v) is 6.80. The molecule has 0 aromatic heterocycles. The Morgan fingerprint density at radius 3 is 2.45 bits per heavy atom. The Balaban J connectivity index is 1.42. The third-order valence-corrected chi connectivity index (χ3v) is 4.59. The van der Waals surface area contributed by atoms with E-state index < -0.39 is 0 Å². The van der Waals surface area contributed by atoms with Gasteiger partial charge in [-0.1, -0.05) is 37.3 Å². The molecule has 2 aromatic rings. The fourth-order valence-corrected chi connectivity index (χ4v) is 3.05. The van der Waals surface area contributed by atoms with Crippen molar-refractivity contribution in [2.24, 2.45) is 0 Å². The van der Waals surface area contributed by atoms with Gasteiger partial charge in [0.15, 0.2) is 11.5 Å². The number of likely N-dealkylation sites (N-methyl/N-ethyl adjacent to an activating group) is 1. The van der Waals surface area contributed by atoms with Gasteiger partial charge in [0.25, 0.3) is 0 Å². The lowest BCUT2D eigenvalue weighted by atomic mass is 10.1. The summed E-state index contributed by atoms with van der Waals surface area (Å²) < 4.78 is 11.0. The fourth-order valence-electron chi connectivity index (χ4n) is 3.05. The van der Waals surface area contributed by atoms with Gasteiger partial charge in [-0.2, -0.15) is 0 Å². The van der Waals surface area contributed by atoms with Gasteiger partial charge in [0.05, 0.1) is 13.1 Å². The van der Waals surface area contributed by atoms with Crippen LogP contribution in [0.2, 0.25) is 0 Å². The highest BCUT2D eigenvalue weighted by Gasteiger charge is 2.15. The van der Waals surface area contributed by atoms with Crippen LogP contribution in [-0.2, 0) is 16.0 Å². The number of hydrogen-bond acceptors (Lipinski definition) is 5. The van der Waals surface area contributed by atoms with Gasteiger partial charge in [0, 0.05) is 18.3 Å². The van der Waals surface area contributed by atoms with Crippen LogP contribution < -0.4 is 20.1 Å². The number of nitrogens with zero attached hydrogens (tertiary/aromatic N) is 1. The molecule has 2 aromatic carbocycles. The maximum Gasteiger partial charge on any atom is 0.238 e. The van der Waals surface area contributed by atoms with Gasteiger partial charge < -0.3 is 20.1 Å². The minimum atomic E-state index is -0.180. The van der Waals surface area contributed by atoms with Gasteiger partial charge >= 0.3 is 0 Å². The Bertz CT molecular complexity index is 826. The molecule has 1 aliphatic rings. The van der Waals surface area contributed by atoms with Crippen molar-refractivity contribution in [2.75, 3.05) is 44.7 Å². The number of benzene rings is 2. The van der Waals surface area contributed by atoms with E-state index in [0.717, 1.165) is 6.42 Å². The lowest BCUT2D eigenvalue weighted by Crippen LogP contribution is -2.41. The standard InChI is InChI=1S/C22H27N3O4/c1-2-25(15-21(26)23-11-10-17-6-4-3-5-7-17)16-22(27)24-18-8-9-19-20(14-18)29-13-12-28-19/h3-9,14H,2,10-13,15-16H2,1H3,(H,23,26)(H,24,27). The summed E-state index contributed by atoms with van der Waals surface area (Å²) in [6.45, 7) is 4.43. The number of anilines is 1. The van der Waals surface area contributed by atoms with Crippen LogP contribution in [0.25, 0.3) is 0 Å². The number of ether oxygens (including phenoxy) is 2. The Labute approximate surface area is 171 Å². The van der Waals surface area contributed by atoms with Crippen molar-refractivity contribution in [1.29, 1.82) is 0 Å². The van der Waals surface area contributed by atoms with E-state index in [4.69, 9.17) is 9.47 Å².